The molecule has 2 N–H and O–H groups in total. The minimum Gasteiger partial charge on any atom is -0.481 e. The van der Waals surface area contributed by atoms with Crippen molar-refractivity contribution >= 4 is 5.97 Å². The van der Waals surface area contributed by atoms with E-state index in [4.69, 9.17) is 5.11 Å². The lowest BCUT2D eigenvalue weighted by Crippen LogP contribution is -2.32. The molecule has 0 amide bonds. The fourth-order valence-corrected chi connectivity index (χ4v) is 2.29. The first-order chi connectivity index (χ1) is 7.09. The number of nitrogens with one attached hydrogen (secondary N) is 1. The molecule has 0 saturated heterocycles. The average Bonchev–Trinajstić information content (AvgIpc) is 2.43. The smallest absolute Gasteiger partial charge is 0.305 e. The van der Waals surface area contributed by atoms with Crippen LogP contribution in [0.1, 0.15) is 29.4 Å². The number of nitrogens with zero attached hydrogens (tertiary/aromatic N) is 2. The topological polar surface area (TPSA) is 67.2 Å². The summed E-state index contributed by atoms with van der Waals surface area (Å²) in [6, 6.07) is -0.0834. The maximum atomic E-state index is 10.7. The molecule has 82 valence electrons. The van der Waals surface area contributed by atoms with Crippen LogP contribution in [0.2, 0.25) is 0 Å². The Morgan fingerprint density at radius 1 is 1.73 bits per heavy atom. The molecule has 5 nitrogen and oxygen atoms in total. The highest BCUT2D eigenvalue weighted by Gasteiger charge is 2.27. The molecule has 1 unspecified atom stereocenters. The molecule has 0 aliphatic carbocycles. The third-order valence-corrected chi connectivity index (χ3v) is 2.87. The van der Waals surface area contributed by atoms with Crippen LogP contribution in [0.15, 0.2) is 0 Å². The molecule has 1 atom stereocenters. The van der Waals surface area contributed by atoms with E-state index in [1.165, 1.54) is 0 Å². The van der Waals surface area contributed by atoms with Gasteiger partial charge in [-0.3, -0.25) is 9.48 Å². The van der Waals surface area contributed by atoms with Crippen LogP contribution in [0.5, 0.6) is 0 Å². The van der Waals surface area contributed by atoms with Gasteiger partial charge in [0.2, 0.25) is 0 Å². The van der Waals surface area contributed by atoms with E-state index in [1.807, 2.05) is 18.7 Å². The molecule has 5 heteroatoms. The van der Waals surface area contributed by atoms with E-state index in [0.717, 1.165) is 29.9 Å². The zero-order valence-corrected chi connectivity index (χ0v) is 8.95. The molecular weight excluding hydrogens is 194 g/mol. The molecule has 1 aromatic heterocycles. The minimum atomic E-state index is -0.774. The highest BCUT2D eigenvalue weighted by atomic mass is 16.4. The number of fused-ring (bicyclic) bond motifs is 1. The number of hydrogen-bond donors (Lipinski definition) is 2. The molecule has 15 heavy (non-hydrogen) atoms. The Hall–Kier alpha value is -1.36. The van der Waals surface area contributed by atoms with Gasteiger partial charge in [-0.15, -0.1) is 0 Å². The van der Waals surface area contributed by atoms with Gasteiger partial charge in [-0.05, 0) is 6.92 Å². The van der Waals surface area contributed by atoms with Gasteiger partial charge in [-0.1, -0.05) is 0 Å². The summed E-state index contributed by atoms with van der Waals surface area (Å²) in [5.41, 5.74) is 3.18. The Labute approximate surface area is 88.1 Å². The molecule has 1 aromatic rings. The number of carbonyl (C=O) groups is 1. The number of aromatic nitrogens is 2. The Kier molecular flexibility index (Phi) is 2.48. The first-order valence-electron chi connectivity index (χ1n) is 5.07. The third kappa shape index (κ3) is 1.74. The first kappa shape index (κ1) is 10.2. The van der Waals surface area contributed by atoms with E-state index < -0.39 is 5.97 Å². The predicted molar refractivity (Wildman–Crippen MR) is 54.6 cm³/mol. The normalized spacial score (nSPS) is 20.0. The molecule has 1 aliphatic rings. The molecule has 0 fully saturated rings. The quantitative estimate of drug-likeness (QED) is 0.739. The van der Waals surface area contributed by atoms with Gasteiger partial charge in [-0.2, -0.15) is 5.10 Å². The maximum Gasteiger partial charge on any atom is 0.305 e. The summed E-state index contributed by atoms with van der Waals surface area (Å²) in [5, 5.41) is 16.4. The molecule has 0 bridgehead atoms. The van der Waals surface area contributed by atoms with Gasteiger partial charge < -0.3 is 10.4 Å². The van der Waals surface area contributed by atoms with Crippen LogP contribution in [0.4, 0.5) is 0 Å². The van der Waals surface area contributed by atoms with E-state index in [2.05, 4.69) is 10.4 Å². The van der Waals surface area contributed by atoms with Crippen LogP contribution in [0.25, 0.3) is 0 Å². The molecule has 2 heterocycles. The summed E-state index contributed by atoms with van der Waals surface area (Å²) in [7, 11) is 1.91. The monoisotopic (exact) mass is 209 g/mol. The lowest BCUT2D eigenvalue weighted by molar-refractivity contribution is -0.137. The highest BCUT2D eigenvalue weighted by molar-refractivity contribution is 5.68. The van der Waals surface area contributed by atoms with Crippen LogP contribution in [0, 0.1) is 6.92 Å². The van der Waals surface area contributed by atoms with Crippen LogP contribution in [-0.4, -0.2) is 27.4 Å². The van der Waals surface area contributed by atoms with Gasteiger partial charge >= 0.3 is 5.97 Å². The zero-order valence-electron chi connectivity index (χ0n) is 8.95. The first-order valence-corrected chi connectivity index (χ1v) is 5.07. The van der Waals surface area contributed by atoms with Crippen molar-refractivity contribution in [1.82, 2.24) is 15.1 Å². The number of carboxylic acids is 1. The second kappa shape index (κ2) is 3.66. The summed E-state index contributed by atoms with van der Waals surface area (Å²) in [6.07, 6.45) is 1.04. The van der Waals surface area contributed by atoms with Crippen LogP contribution in [-0.2, 0) is 18.3 Å². The van der Waals surface area contributed by atoms with Crippen molar-refractivity contribution in [1.29, 1.82) is 0 Å². The van der Waals surface area contributed by atoms with E-state index in [1.54, 1.807) is 0 Å². The third-order valence-electron chi connectivity index (χ3n) is 2.87. The van der Waals surface area contributed by atoms with Crippen LogP contribution in [0.3, 0.4) is 0 Å². The summed E-state index contributed by atoms with van der Waals surface area (Å²) in [5.74, 6) is -0.774. The summed E-state index contributed by atoms with van der Waals surface area (Å²) in [6.45, 7) is 2.75. The molecular formula is C10H15N3O2. The molecule has 0 saturated carbocycles. The van der Waals surface area contributed by atoms with Crippen molar-refractivity contribution in [3.05, 3.63) is 17.0 Å². The summed E-state index contributed by atoms with van der Waals surface area (Å²) >= 11 is 0. The maximum absolute atomic E-state index is 10.7. The van der Waals surface area contributed by atoms with Gasteiger partial charge in [0, 0.05) is 37.3 Å². The second-order valence-electron chi connectivity index (χ2n) is 3.92. The Morgan fingerprint density at radius 2 is 2.47 bits per heavy atom. The Balaban J connectivity index is 2.37. The van der Waals surface area contributed by atoms with E-state index in [9.17, 15) is 4.79 Å². The standard InChI is InChI=1S/C10H15N3O2/c1-6-10-7(5-9(14)15)11-4-3-8(10)13(2)12-6/h7,11H,3-5H2,1-2H3,(H,14,15). The van der Waals surface area contributed by atoms with E-state index in [0.29, 0.717) is 0 Å². The molecule has 0 radical (unpaired) electrons. The number of aliphatic carboxylic acids is 1. The van der Waals surface area contributed by atoms with Crippen molar-refractivity contribution in [3.63, 3.8) is 0 Å². The van der Waals surface area contributed by atoms with E-state index in [-0.39, 0.29) is 12.5 Å². The molecule has 2 rings (SSSR count). The lowest BCUT2D eigenvalue weighted by atomic mass is 9.96. The van der Waals surface area contributed by atoms with Gasteiger partial charge in [0.25, 0.3) is 0 Å². The fraction of sp³-hybridized carbons (Fsp3) is 0.600. The van der Waals surface area contributed by atoms with Gasteiger partial charge in [0.15, 0.2) is 0 Å². The van der Waals surface area contributed by atoms with Crippen molar-refractivity contribution in [2.45, 2.75) is 25.8 Å². The molecule has 1 aliphatic heterocycles. The van der Waals surface area contributed by atoms with Gasteiger partial charge in [0.05, 0.1) is 12.1 Å². The number of aryl methyl sites for hydroxylation is 2. The lowest BCUT2D eigenvalue weighted by Gasteiger charge is -2.23. The van der Waals surface area contributed by atoms with Crippen LogP contribution < -0.4 is 5.32 Å². The summed E-state index contributed by atoms with van der Waals surface area (Å²) < 4.78 is 1.86. The Bertz CT molecular complexity index is 398. The number of hydrogen-bond acceptors (Lipinski definition) is 3. The fourth-order valence-electron chi connectivity index (χ4n) is 2.29. The SMILES string of the molecule is Cc1nn(C)c2c1C(CC(=O)O)NCC2. The Morgan fingerprint density at radius 3 is 3.13 bits per heavy atom. The van der Waals surface area contributed by atoms with Gasteiger partial charge in [0.1, 0.15) is 0 Å². The minimum absolute atomic E-state index is 0.0834. The van der Waals surface area contributed by atoms with Gasteiger partial charge in [-0.25, -0.2) is 0 Å². The molecule has 0 aromatic carbocycles. The number of rotatable bonds is 2. The van der Waals surface area contributed by atoms with Crippen molar-refractivity contribution in [3.8, 4) is 0 Å². The largest absolute Gasteiger partial charge is 0.481 e. The van der Waals surface area contributed by atoms with Crippen molar-refractivity contribution in [2.24, 2.45) is 7.05 Å². The van der Waals surface area contributed by atoms with Crippen molar-refractivity contribution < 1.29 is 9.90 Å². The summed E-state index contributed by atoms with van der Waals surface area (Å²) in [4.78, 5) is 10.7. The second-order valence-corrected chi connectivity index (χ2v) is 3.92. The van der Waals surface area contributed by atoms with Crippen LogP contribution >= 0.6 is 0 Å². The van der Waals surface area contributed by atoms with Crippen molar-refractivity contribution in [2.75, 3.05) is 6.54 Å². The number of carboxylic acid groups (broad SMARTS) is 1. The molecule has 0 spiro atoms. The average molecular weight is 209 g/mol. The zero-order chi connectivity index (χ0) is 11.0. The van der Waals surface area contributed by atoms with E-state index >= 15 is 0 Å². The predicted octanol–water partition coefficient (Wildman–Crippen LogP) is 0.390. The highest BCUT2D eigenvalue weighted by Crippen LogP contribution is 2.27.